The van der Waals surface area contributed by atoms with Crippen LogP contribution in [0, 0.1) is 10.2 Å². The number of benzene rings is 1. The van der Waals surface area contributed by atoms with Gasteiger partial charge in [-0.1, -0.05) is 0 Å². The number of nitriles is 1. The summed E-state index contributed by atoms with van der Waals surface area (Å²) in [5.41, 5.74) is 5.85. The molecular weight excluding hydrogens is 239 g/mol. The van der Waals surface area contributed by atoms with E-state index >= 15 is 0 Å². The first kappa shape index (κ1) is 9.52. The van der Waals surface area contributed by atoms with Crippen molar-refractivity contribution in [3.8, 4) is 10.7 Å². The predicted octanol–water partition coefficient (Wildman–Crippen LogP) is 0.510. The van der Waals surface area contributed by atoms with Gasteiger partial charge in [0.1, 0.15) is 0 Å². The van der Waals surface area contributed by atoms with E-state index in [1.807, 2.05) is 0 Å². The van der Waals surface area contributed by atoms with E-state index in [0.29, 0.717) is 5.69 Å². The maximum atomic E-state index is 10.7. The molecule has 13 heavy (non-hydrogen) atoms. The van der Waals surface area contributed by atoms with Crippen molar-refractivity contribution in [2.24, 2.45) is 0 Å². The van der Waals surface area contributed by atoms with E-state index in [-0.39, 0.29) is 5.75 Å². The summed E-state index contributed by atoms with van der Waals surface area (Å²) in [6, 6.07) is 5.74. The van der Waals surface area contributed by atoms with Crippen LogP contribution in [0.4, 0.5) is 5.69 Å². The van der Waals surface area contributed by atoms with E-state index in [4.69, 9.17) is 11.0 Å². The zero-order chi connectivity index (χ0) is 9.90. The molecule has 5 nitrogen and oxygen atoms in total. The van der Waals surface area contributed by atoms with Crippen molar-refractivity contribution in [2.45, 2.75) is 0 Å². The number of nitrogen functional groups attached to an aromatic ring is 1. The molecule has 0 saturated heterocycles. The van der Waals surface area contributed by atoms with Crippen molar-refractivity contribution in [2.75, 3.05) is 5.73 Å². The fraction of sp³-hybridized carbons (Fsp3) is 0. The van der Waals surface area contributed by atoms with Crippen molar-refractivity contribution >= 4 is 18.7 Å². The first-order chi connectivity index (χ1) is 6.03. The van der Waals surface area contributed by atoms with Crippen molar-refractivity contribution < 1.29 is 11.5 Å². The Morgan fingerprint density at radius 2 is 1.85 bits per heavy atom. The van der Waals surface area contributed by atoms with Gasteiger partial charge >= 0.3 is 76.2 Å². The molecule has 0 aliphatic carbocycles. The van der Waals surface area contributed by atoms with Crippen LogP contribution in [-0.4, -0.2) is 13.0 Å². The Morgan fingerprint density at radius 1 is 1.31 bits per heavy atom. The monoisotopic (exact) mass is 246 g/mol. The Bertz CT molecular complexity index is 430. The molecule has 2 N–H and O–H groups in total. The van der Waals surface area contributed by atoms with Crippen LogP contribution in [0.1, 0.15) is 0 Å². The normalized spacial score (nSPS) is 10.4. The van der Waals surface area contributed by atoms with Crippen molar-refractivity contribution in [3.63, 3.8) is 0 Å². The van der Waals surface area contributed by atoms with Gasteiger partial charge in [0, 0.05) is 0 Å². The number of nitrogens with two attached hydrogens (primary N) is 1. The van der Waals surface area contributed by atoms with Gasteiger partial charge in [-0.25, -0.2) is 0 Å². The van der Waals surface area contributed by atoms with Gasteiger partial charge in [-0.2, -0.15) is 0 Å². The molecule has 0 bridgehead atoms. The van der Waals surface area contributed by atoms with Crippen LogP contribution in [0.3, 0.4) is 0 Å². The van der Waals surface area contributed by atoms with Gasteiger partial charge in [0.25, 0.3) is 0 Å². The van der Waals surface area contributed by atoms with Crippen molar-refractivity contribution in [3.05, 3.63) is 24.3 Å². The Labute approximate surface area is 76.7 Å². The minimum absolute atomic E-state index is 0.0979. The molecule has 1 rings (SSSR count). The topological polar surface area (TPSA) is 93.2 Å². The van der Waals surface area contributed by atoms with Gasteiger partial charge in [0.15, 0.2) is 0 Å². The molecule has 0 aliphatic heterocycles. The van der Waals surface area contributed by atoms with Crippen molar-refractivity contribution in [1.29, 1.82) is 5.26 Å². The van der Waals surface area contributed by atoms with Gasteiger partial charge in [-0.3, -0.25) is 0 Å². The Kier molecular flexibility index (Phi) is 2.52. The van der Waals surface area contributed by atoms with Gasteiger partial charge in [-0.05, 0) is 0 Å². The number of anilines is 1. The molecule has 0 aliphatic rings. The molecule has 0 atom stereocenters. The average Bonchev–Trinajstić information content (AvgIpc) is 2.09. The fourth-order valence-electron chi connectivity index (χ4n) is 0.669. The molecule has 0 spiro atoms. The number of rotatable bonds is 2. The van der Waals surface area contributed by atoms with Gasteiger partial charge in [0.05, 0.1) is 0 Å². The molecule has 0 radical (unpaired) electrons. The minimum atomic E-state index is -4.84. The van der Waals surface area contributed by atoms with E-state index in [1.165, 1.54) is 24.3 Å². The SMILES string of the molecule is N#C[Se](=O)(=O)Oc1ccc(N)cc1. The standard InChI is InChI=1S/C7H6N2O3Se/c8-5-13(10,11)12-7-3-1-6(9)2-4-7/h1-4H,9H2. The summed E-state index contributed by atoms with van der Waals surface area (Å²) < 4.78 is 25.9. The fourth-order valence-corrected chi connectivity index (χ4v) is 1.51. The van der Waals surface area contributed by atoms with Gasteiger partial charge < -0.3 is 0 Å². The molecule has 0 aromatic heterocycles. The molecule has 0 fully saturated rings. The molecule has 1 aromatic carbocycles. The molecule has 0 amide bonds. The molecule has 0 heterocycles. The number of nitrogens with zero attached hydrogens (tertiary/aromatic N) is 1. The van der Waals surface area contributed by atoms with Gasteiger partial charge in [-0.15, -0.1) is 0 Å². The summed E-state index contributed by atoms with van der Waals surface area (Å²) >= 11 is -4.84. The second kappa shape index (κ2) is 3.44. The molecule has 68 valence electrons. The van der Waals surface area contributed by atoms with E-state index in [1.54, 1.807) is 0 Å². The van der Waals surface area contributed by atoms with Gasteiger partial charge in [0.2, 0.25) is 0 Å². The average molecular weight is 245 g/mol. The second-order valence-electron chi connectivity index (χ2n) is 2.20. The van der Waals surface area contributed by atoms with Crippen LogP contribution < -0.4 is 9.55 Å². The Hall–Kier alpha value is -1.57. The maximum absolute atomic E-state index is 10.7. The summed E-state index contributed by atoms with van der Waals surface area (Å²) in [5, 5.41) is 8.15. The number of hydrogen-bond donors (Lipinski definition) is 1. The summed E-state index contributed by atoms with van der Waals surface area (Å²) in [5.74, 6) is 0.0979. The van der Waals surface area contributed by atoms with Crippen LogP contribution >= 0.6 is 0 Å². The van der Waals surface area contributed by atoms with Crippen LogP contribution in [0.25, 0.3) is 0 Å². The Morgan fingerprint density at radius 3 is 2.31 bits per heavy atom. The predicted molar refractivity (Wildman–Crippen MR) is 44.2 cm³/mol. The van der Waals surface area contributed by atoms with E-state index in [9.17, 15) is 7.67 Å². The molecular formula is C7H6N2O3Se. The molecule has 0 saturated carbocycles. The zero-order valence-electron chi connectivity index (χ0n) is 6.47. The molecule has 0 unspecified atom stereocenters. The third-order valence-electron chi connectivity index (χ3n) is 1.20. The molecule has 1 aromatic rings. The first-order valence-corrected chi connectivity index (χ1v) is 6.20. The van der Waals surface area contributed by atoms with E-state index in [0.717, 1.165) is 4.97 Å². The summed E-state index contributed by atoms with van der Waals surface area (Å²) in [4.78, 5) is 1.10. The van der Waals surface area contributed by atoms with Crippen LogP contribution in [-0.2, 0) is 7.67 Å². The zero-order valence-corrected chi connectivity index (χ0v) is 8.18. The van der Waals surface area contributed by atoms with E-state index in [2.05, 4.69) is 3.82 Å². The summed E-state index contributed by atoms with van der Waals surface area (Å²) in [6.45, 7) is 0. The third-order valence-corrected chi connectivity index (χ3v) is 2.53. The van der Waals surface area contributed by atoms with Crippen molar-refractivity contribution in [1.82, 2.24) is 0 Å². The molecule has 6 heteroatoms. The van der Waals surface area contributed by atoms with Crippen LogP contribution in [0.2, 0.25) is 0 Å². The van der Waals surface area contributed by atoms with Crippen LogP contribution in [0.15, 0.2) is 24.3 Å². The first-order valence-electron chi connectivity index (χ1n) is 3.24. The van der Waals surface area contributed by atoms with Crippen LogP contribution in [0.5, 0.6) is 5.75 Å². The second-order valence-corrected chi connectivity index (χ2v) is 4.84. The third kappa shape index (κ3) is 2.75. The number of hydrogen-bond acceptors (Lipinski definition) is 5. The van der Waals surface area contributed by atoms with E-state index < -0.39 is 13.0 Å². The quantitative estimate of drug-likeness (QED) is 0.605. The summed E-state index contributed by atoms with van der Waals surface area (Å²) in [7, 11) is 0. The summed E-state index contributed by atoms with van der Waals surface area (Å²) in [6.07, 6.45) is 0. The Balaban J connectivity index is 2.90.